The van der Waals surface area contributed by atoms with E-state index >= 15 is 0 Å². The molecule has 0 aliphatic carbocycles. The van der Waals surface area contributed by atoms with Crippen molar-refractivity contribution < 1.29 is 4.79 Å². The Balaban J connectivity index is 2.09. The minimum Gasteiger partial charge on any atom is -0.356 e. The maximum Gasteiger partial charge on any atom is 0.216 e. The van der Waals surface area contributed by atoms with E-state index in [9.17, 15) is 4.79 Å². The van der Waals surface area contributed by atoms with Gasteiger partial charge < -0.3 is 10.2 Å². The third-order valence-corrected chi connectivity index (χ3v) is 4.11. The van der Waals surface area contributed by atoms with Gasteiger partial charge in [0.15, 0.2) is 0 Å². The summed E-state index contributed by atoms with van der Waals surface area (Å²) >= 11 is 5.75. The van der Waals surface area contributed by atoms with E-state index in [2.05, 4.69) is 17.1 Å². The fraction of sp³-hybridized carbons (Fsp3) is 0.929. The van der Waals surface area contributed by atoms with E-state index in [1.165, 1.54) is 38.9 Å². The van der Waals surface area contributed by atoms with Crippen LogP contribution in [0, 0.1) is 11.8 Å². The predicted octanol–water partition coefficient (Wildman–Crippen LogP) is 2.49. The van der Waals surface area contributed by atoms with E-state index in [1.54, 1.807) is 6.92 Å². The summed E-state index contributed by atoms with van der Waals surface area (Å²) < 4.78 is 0. The van der Waals surface area contributed by atoms with Crippen molar-refractivity contribution in [3.8, 4) is 0 Å². The first kappa shape index (κ1) is 15.8. The lowest BCUT2D eigenvalue weighted by molar-refractivity contribution is -0.119. The molecule has 3 nitrogen and oxygen atoms in total. The van der Waals surface area contributed by atoms with E-state index in [-0.39, 0.29) is 5.91 Å². The van der Waals surface area contributed by atoms with Gasteiger partial charge in [0.2, 0.25) is 5.91 Å². The monoisotopic (exact) mass is 274 g/mol. The van der Waals surface area contributed by atoms with Gasteiger partial charge >= 0.3 is 0 Å². The molecule has 18 heavy (non-hydrogen) atoms. The number of halogens is 1. The molecular formula is C14H27ClN2O. The summed E-state index contributed by atoms with van der Waals surface area (Å²) in [6.45, 7) is 8.28. The van der Waals surface area contributed by atoms with Gasteiger partial charge in [-0.05, 0) is 57.2 Å². The Labute approximate surface area is 116 Å². The highest BCUT2D eigenvalue weighted by Crippen LogP contribution is 2.18. The maximum atomic E-state index is 10.9. The molecule has 106 valence electrons. The molecule has 0 bridgehead atoms. The van der Waals surface area contributed by atoms with Crippen LogP contribution in [0.3, 0.4) is 0 Å². The number of hydrogen-bond acceptors (Lipinski definition) is 2. The molecule has 1 aliphatic rings. The van der Waals surface area contributed by atoms with E-state index in [1.807, 2.05) is 0 Å². The molecule has 1 N–H and O–H groups in total. The summed E-state index contributed by atoms with van der Waals surface area (Å²) in [5.41, 5.74) is 0. The number of likely N-dealkylation sites (tertiary alicyclic amines) is 1. The lowest BCUT2D eigenvalue weighted by Gasteiger charge is -2.32. The molecule has 1 fully saturated rings. The summed E-state index contributed by atoms with van der Waals surface area (Å²) in [5, 5.41) is 2.92. The molecule has 1 heterocycles. The molecule has 1 saturated heterocycles. The number of nitrogens with one attached hydrogen (secondary N) is 1. The van der Waals surface area contributed by atoms with Crippen molar-refractivity contribution in [2.45, 2.75) is 39.5 Å². The Morgan fingerprint density at radius 3 is 2.61 bits per heavy atom. The second kappa shape index (κ2) is 8.76. The van der Waals surface area contributed by atoms with Gasteiger partial charge in [-0.2, -0.15) is 0 Å². The number of rotatable bonds is 7. The highest BCUT2D eigenvalue weighted by molar-refractivity contribution is 6.17. The van der Waals surface area contributed by atoms with Gasteiger partial charge in [-0.3, -0.25) is 4.79 Å². The lowest BCUT2D eigenvalue weighted by Crippen LogP contribution is -2.38. The standard InChI is InChI=1S/C14H27ClN2O/c1-12(3-7-15)4-8-17-9-5-14(6-10-17)11-16-13(2)18/h12,14H,3-11H2,1-2H3,(H,16,18). The quantitative estimate of drug-likeness (QED) is 0.724. The summed E-state index contributed by atoms with van der Waals surface area (Å²) in [4.78, 5) is 13.4. The minimum atomic E-state index is 0.0901. The van der Waals surface area contributed by atoms with Crippen LogP contribution in [0.5, 0.6) is 0 Å². The molecule has 1 amide bonds. The van der Waals surface area contributed by atoms with Gasteiger partial charge in [0.05, 0.1) is 0 Å². The Morgan fingerprint density at radius 1 is 1.39 bits per heavy atom. The van der Waals surface area contributed by atoms with Crippen molar-refractivity contribution in [1.82, 2.24) is 10.2 Å². The van der Waals surface area contributed by atoms with Gasteiger partial charge in [-0.15, -0.1) is 11.6 Å². The molecule has 1 unspecified atom stereocenters. The molecule has 1 aliphatic heterocycles. The topological polar surface area (TPSA) is 32.3 Å². The van der Waals surface area contributed by atoms with Crippen LogP contribution >= 0.6 is 11.6 Å². The highest BCUT2D eigenvalue weighted by Gasteiger charge is 2.19. The van der Waals surface area contributed by atoms with E-state index < -0.39 is 0 Å². The molecule has 1 rings (SSSR count). The molecule has 0 radical (unpaired) electrons. The van der Waals surface area contributed by atoms with Crippen molar-refractivity contribution in [3.05, 3.63) is 0 Å². The van der Waals surface area contributed by atoms with Crippen LogP contribution in [-0.4, -0.2) is 42.9 Å². The molecule has 0 aromatic rings. The summed E-state index contributed by atoms with van der Waals surface area (Å²) in [6.07, 6.45) is 4.80. The Kier molecular flexibility index (Phi) is 7.68. The first-order chi connectivity index (χ1) is 8.61. The van der Waals surface area contributed by atoms with Gasteiger partial charge in [0.25, 0.3) is 0 Å². The molecule has 1 atom stereocenters. The van der Waals surface area contributed by atoms with Crippen LogP contribution < -0.4 is 5.32 Å². The smallest absolute Gasteiger partial charge is 0.216 e. The van der Waals surface area contributed by atoms with E-state index in [0.717, 1.165) is 24.8 Å². The summed E-state index contributed by atoms with van der Waals surface area (Å²) in [7, 11) is 0. The average molecular weight is 275 g/mol. The lowest BCUT2D eigenvalue weighted by atomic mass is 9.96. The molecule has 0 spiro atoms. The number of nitrogens with zero attached hydrogens (tertiary/aromatic N) is 1. The van der Waals surface area contributed by atoms with Crippen LogP contribution in [-0.2, 0) is 4.79 Å². The number of carbonyl (C=O) groups is 1. The van der Waals surface area contributed by atoms with Crippen molar-refractivity contribution in [2.24, 2.45) is 11.8 Å². The van der Waals surface area contributed by atoms with E-state index in [4.69, 9.17) is 11.6 Å². The van der Waals surface area contributed by atoms with Crippen LogP contribution in [0.25, 0.3) is 0 Å². The second-order valence-corrected chi connectivity index (χ2v) is 5.97. The van der Waals surface area contributed by atoms with Gasteiger partial charge in [0.1, 0.15) is 0 Å². The fourth-order valence-electron chi connectivity index (χ4n) is 2.44. The largest absolute Gasteiger partial charge is 0.356 e. The van der Waals surface area contributed by atoms with Crippen molar-refractivity contribution in [1.29, 1.82) is 0 Å². The first-order valence-electron chi connectivity index (χ1n) is 7.14. The molecule has 0 aromatic carbocycles. The van der Waals surface area contributed by atoms with E-state index in [0.29, 0.717) is 5.92 Å². The number of alkyl halides is 1. The number of piperidine rings is 1. The van der Waals surface area contributed by atoms with Crippen LogP contribution in [0.1, 0.15) is 39.5 Å². The van der Waals surface area contributed by atoms with Gasteiger partial charge in [0, 0.05) is 19.3 Å². The highest BCUT2D eigenvalue weighted by atomic mass is 35.5. The zero-order valence-corrected chi connectivity index (χ0v) is 12.5. The zero-order chi connectivity index (χ0) is 13.4. The Morgan fingerprint density at radius 2 is 2.06 bits per heavy atom. The summed E-state index contributed by atoms with van der Waals surface area (Å²) in [5.74, 6) is 2.28. The Hall–Kier alpha value is -0.280. The SMILES string of the molecule is CC(=O)NCC1CCN(CCC(C)CCCl)CC1. The Bertz CT molecular complexity index is 240. The second-order valence-electron chi connectivity index (χ2n) is 5.59. The van der Waals surface area contributed by atoms with Crippen molar-refractivity contribution in [2.75, 3.05) is 32.1 Å². The van der Waals surface area contributed by atoms with Gasteiger partial charge in [-0.25, -0.2) is 0 Å². The zero-order valence-electron chi connectivity index (χ0n) is 11.8. The van der Waals surface area contributed by atoms with Crippen LogP contribution in [0.15, 0.2) is 0 Å². The van der Waals surface area contributed by atoms with Crippen molar-refractivity contribution >= 4 is 17.5 Å². The minimum absolute atomic E-state index is 0.0901. The third-order valence-electron chi connectivity index (χ3n) is 3.89. The van der Waals surface area contributed by atoms with Gasteiger partial charge in [-0.1, -0.05) is 6.92 Å². The first-order valence-corrected chi connectivity index (χ1v) is 7.68. The predicted molar refractivity (Wildman–Crippen MR) is 77.0 cm³/mol. The molecule has 0 saturated carbocycles. The number of carbonyl (C=O) groups excluding carboxylic acids is 1. The summed E-state index contributed by atoms with van der Waals surface area (Å²) in [6, 6.07) is 0. The average Bonchev–Trinajstić information content (AvgIpc) is 2.35. The number of hydrogen-bond donors (Lipinski definition) is 1. The molecular weight excluding hydrogens is 248 g/mol. The van der Waals surface area contributed by atoms with Crippen LogP contribution in [0.4, 0.5) is 0 Å². The molecule has 0 aromatic heterocycles. The maximum absolute atomic E-state index is 10.9. The third kappa shape index (κ3) is 6.60. The number of amides is 1. The van der Waals surface area contributed by atoms with Crippen molar-refractivity contribution in [3.63, 3.8) is 0 Å². The fourth-order valence-corrected chi connectivity index (χ4v) is 2.81. The molecule has 4 heteroatoms. The normalized spacial score (nSPS) is 19.7. The van der Waals surface area contributed by atoms with Crippen LogP contribution in [0.2, 0.25) is 0 Å².